The Morgan fingerprint density at radius 3 is 2.26 bits per heavy atom. The number of ketones is 1. The van der Waals surface area contributed by atoms with Gasteiger partial charge >= 0.3 is 5.97 Å². The van der Waals surface area contributed by atoms with Crippen LogP contribution in [0.25, 0.3) is 0 Å². The molecule has 19 heavy (non-hydrogen) atoms. The Kier molecular flexibility index (Phi) is 4.19. The van der Waals surface area contributed by atoms with E-state index in [2.05, 4.69) is 0 Å². The minimum Gasteiger partial charge on any atom is -0.451 e. The molecule has 0 saturated heterocycles. The van der Waals surface area contributed by atoms with Crippen LogP contribution in [0.4, 0.5) is 0 Å². The van der Waals surface area contributed by atoms with Crippen molar-refractivity contribution >= 4 is 46.6 Å². The van der Waals surface area contributed by atoms with Crippen molar-refractivity contribution in [1.82, 2.24) is 0 Å². The van der Waals surface area contributed by atoms with Gasteiger partial charge in [0, 0.05) is 10.6 Å². The molecule has 1 aliphatic heterocycles. The molecule has 6 heteroatoms. The highest BCUT2D eigenvalue weighted by Crippen LogP contribution is 2.34. The normalized spacial score (nSPS) is 20.4. The van der Waals surface area contributed by atoms with Crippen molar-refractivity contribution in [3.05, 3.63) is 44.9 Å². The molecule has 0 aromatic heterocycles. The molecule has 0 bridgehead atoms. The smallest absolute Gasteiger partial charge is 0.351 e. The predicted molar refractivity (Wildman–Crippen MR) is 73.6 cm³/mol. The third kappa shape index (κ3) is 2.78. The van der Waals surface area contributed by atoms with Crippen molar-refractivity contribution in [3.8, 4) is 0 Å². The summed E-state index contributed by atoms with van der Waals surface area (Å²) >= 11 is 17.3. The van der Waals surface area contributed by atoms with Crippen LogP contribution in [-0.2, 0) is 9.53 Å². The van der Waals surface area contributed by atoms with Gasteiger partial charge in [-0.05, 0) is 24.3 Å². The second-order valence-electron chi connectivity index (χ2n) is 4.15. The molecular formula is C13H9Cl3O3. The lowest BCUT2D eigenvalue weighted by Crippen LogP contribution is -2.27. The van der Waals surface area contributed by atoms with E-state index in [1.165, 1.54) is 0 Å². The minimum absolute atomic E-state index is 0.0708. The first-order chi connectivity index (χ1) is 8.91. The Labute approximate surface area is 125 Å². The summed E-state index contributed by atoms with van der Waals surface area (Å²) in [5.74, 6) is -1.51. The van der Waals surface area contributed by atoms with E-state index < -0.39 is 18.0 Å². The lowest BCUT2D eigenvalue weighted by Gasteiger charge is -2.17. The van der Waals surface area contributed by atoms with Gasteiger partial charge in [-0.3, -0.25) is 4.79 Å². The predicted octanol–water partition coefficient (Wildman–Crippen LogP) is 3.77. The highest BCUT2D eigenvalue weighted by molar-refractivity contribution is 6.48. The third-order valence-corrected chi connectivity index (χ3v) is 3.98. The number of esters is 1. The number of hydrogen-bond donors (Lipinski definition) is 0. The van der Waals surface area contributed by atoms with Gasteiger partial charge in [0.05, 0.1) is 11.0 Å². The summed E-state index contributed by atoms with van der Waals surface area (Å²) in [6.07, 6.45) is -0.829. The monoisotopic (exact) mass is 318 g/mol. The largest absolute Gasteiger partial charge is 0.451 e. The zero-order valence-corrected chi connectivity index (χ0v) is 12.1. The van der Waals surface area contributed by atoms with Gasteiger partial charge in [0.2, 0.25) is 0 Å². The number of ether oxygens (including phenoxy) is 1. The minimum atomic E-state index is -0.829. The van der Waals surface area contributed by atoms with Gasteiger partial charge in [0.15, 0.2) is 5.78 Å². The van der Waals surface area contributed by atoms with E-state index in [9.17, 15) is 9.59 Å². The lowest BCUT2D eigenvalue weighted by atomic mass is 9.94. The van der Waals surface area contributed by atoms with Crippen LogP contribution >= 0.6 is 34.8 Å². The van der Waals surface area contributed by atoms with E-state index >= 15 is 0 Å². The van der Waals surface area contributed by atoms with Gasteiger partial charge in [0.1, 0.15) is 11.1 Å². The number of carbonyl (C=O) groups excluding carboxylic acids is 2. The van der Waals surface area contributed by atoms with Crippen LogP contribution in [0.2, 0.25) is 5.02 Å². The number of Topliss-reactive ketones (excluding diaryl/α,β-unsaturated/α-hetero) is 1. The summed E-state index contributed by atoms with van der Waals surface area (Å²) in [7, 11) is 0. The highest BCUT2D eigenvalue weighted by atomic mass is 35.5. The molecule has 0 saturated carbocycles. The SMILES string of the molecule is C[C@@H](C(=O)c1ccc(Cl)cc1)[C@@H]1OC(=O)C(Cl)=C1Cl. The molecule has 1 aromatic carbocycles. The zero-order valence-electron chi connectivity index (χ0n) is 9.82. The van der Waals surface area contributed by atoms with E-state index in [0.29, 0.717) is 10.6 Å². The molecule has 0 amide bonds. The molecule has 2 rings (SSSR count). The molecule has 1 aliphatic rings. The van der Waals surface area contributed by atoms with Crippen LogP contribution in [0, 0.1) is 5.92 Å². The topological polar surface area (TPSA) is 43.4 Å². The van der Waals surface area contributed by atoms with E-state index in [4.69, 9.17) is 39.5 Å². The molecule has 3 nitrogen and oxygen atoms in total. The molecule has 2 atom stereocenters. The highest BCUT2D eigenvalue weighted by Gasteiger charge is 2.38. The number of hydrogen-bond acceptors (Lipinski definition) is 3. The first-order valence-electron chi connectivity index (χ1n) is 5.47. The van der Waals surface area contributed by atoms with Gasteiger partial charge in [-0.25, -0.2) is 4.79 Å². The second-order valence-corrected chi connectivity index (χ2v) is 5.37. The average molecular weight is 320 g/mol. The van der Waals surface area contributed by atoms with Gasteiger partial charge < -0.3 is 4.74 Å². The number of rotatable bonds is 3. The van der Waals surface area contributed by atoms with Gasteiger partial charge in [-0.1, -0.05) is 41.7 Å². The van der Waals surface area contributed by atoms with E-state index in [0.717, 1.165) is 0 Å². The quantitative estimate of drug-likeness (QED) is 0.629. The maximum Gasteiger partial charge on any atom is 0.351 e. The summed E-state index contributed by atoms with van der Waals surface area (Å²) < 4.78 is 4.99. The van der Waals surface area contributed by atoms with Crippen LogP contribution in [0.1, 0.15) is 17.3 Å². The third-order valence-electron chi connectivity index (χ3n) is 2.87. The van der Waals surface area contributed by atoms with Gasteiger partial charge in [-0.15, -0.1) is 0 Å². The second kappa shape index (κ2) is 5.53. The lowest BCUT2D eigenvalue weighted by molar-refractivity contribution is -0.140. The first-order valence-corrected chi connectivity index (χ1v) is 6.61. The molecule has 0 radical (unpaired) electrons. The van der Waals surface area contributed by atoms with Crippen LogP contribution in [0.15, 0.2) is 34.3 Å². The van der Waals surface area contributed by atoms with Crippen molar-refractivity contribution in [2.75, 3.05) is 0 Å². The molecule has 0 fully saturated rings. The number of cyclic esters (lactones) is 1. The van der Waals surface area contributed by atoms with Crippen molar-refractivity contribution in [1.29, 1.82) is 0 Å². The summed E-state index contributed by atoms with van der Waals surface area (Å²) in [5, 5.41) is 0.446. The van der Waals surface area contributed by atoms with Crippen LogP contribution < -0.4 is 0 Å². The molecule has 0 unspecified atom stereocenters. The molecule has 0 N–H and O–H groups in total. The maximum absolute atomic E-state index is 12.2. The standard InChI is InChI=1S/C13H9Cl3O3/c1-6(12-9(15)10(16)13(18)19-12)11(17)7-2-4-8(14)5-3-7/h2-6,12H,1H3/t6-,12-/m0/s1. The Morgan fingerprint density at radius 2 is 1.79 bits per heavy atom. The fraction of sp³-hybridized carbons (Fsp3) is 0.231. The Hall–Kier alpha value is -1.03. The number of benzene rings is 1. The summed E-state index contributed by atoms with van der Waals surface area (Å²) in [5.41, 5.74) is 0.473. The van der Waals surface area contributed by atoms with Crippen molar-refractivity contribution in [3.63, 3.8) is 0 Å². The van der Waals surface area contributed by atoms with Gasteiger partial charge in [0.25, 0.3) is 0 Å². The van der Waals surface area contributed by atoms with Crippen LogP contribution in [-0.4, -0.2) is 17.9 Å². The summed E-state index contributed by atoms with van der Waals surface area (Å²) in [4.78, 5) is 23.5. The molecule has 0 aliphatic carbocycles. The van der Waals surface area contributed by atoms with Crippen molar-refractivity contribution < 1.29 is 14.3 Å². The fourth-order valence-corrected chi connectivity index (χ4v) is 2.37. The molecule has 1 aromatic rings. The summed E-state index contributed by atoms with van der Waals surface area (Å²) in [6, 6.07) is 6.45. The Morgan fingerprint density at radius 1 is 1.21 bits per heavy atom. The number of halogens is 3. The van der Waals surface area contributed by atoms with E-state index in [-0.39, 0.29) is 15.8 Å². The zero-order chi connectivity index (χ0) is 14.2. The molecular weight excluding hydrogens is 310 g/mol. The molecule has 100 valence electrons. The van der Waals surface area contributed by atoms with Crippen molar-refractivity contribution in [2.24, 2.45) is 5.92 Å². The molecule has 1 heterocycles. The Bertz CT molecular complexity index is 563. The average Bonchev–Trinajstić information content (AvgIpc) is 2.66. The summed E-state index contributed by atoms with van der Waals surface area (Å²) in [6.45, 7) is 1.63. The van der Waals surface area contributed by atoms with E-state index in [1.807, 2.05) is 0 Å². The maximum atomic E-state index is 12.2. The van der Waals surface area contributed by atoms with E-state index in [1.54, 1.807) is 31.2 Å². The van der Waals surface area contributed by atoms with Crippen LogP contribution in [0.5, 0.6) is 0 Å². The first kappa shape index (κ1) is 14.4. The van der Waals surface area contributed by atoms with Crippen LogP contribution in [0.3, 0.4) is 0 Å². The fourth-order valence-electron chi connectivity index (χ4n) is 1.78. The van der Waals surface area contributed by atoms with Crippen molar-refractivity contribution in [2.45, 2.75) is 13.0 Å². The van der Waals surface area contributed by atoms with Gasteiger partial charge in [-0.2, -0.15) is 0 Å². The number of carbonyl (C=O) groups is 2. The molecule has 0 spiro atoms. The Balaban J connectivity index is 2.21.